The Bertz CT molecular complexity index is 1060. The quantitative estimate of drug-likeness (QED) is 0.486. The Morgan fingerprint density at radius 1 is 1.00 bits per heavy atom. The van der Waals surface area contributed by atoms with Gasteiger partial charge in [-0.2, -0.15) is 0 Å². The average Bonchev–Trinajstić information content (AvgIpc) is 3.23. The Morgan fingerprint density at radius 3 is 2.56 bits per heavy atom. The molecule has 1 amide bonds. The third-order valence-electron chi connectivity index (χ3n) is 5.09. The lowest BCUT2D eigenvalue weighted by Gasteiger charge is -2.26. The van der Waals surface area contributed by atoms with Gasteiger partial charge in [0.05, 0.1) is 5.69 Å². The van der Waals surface area contributed by atoms with E-state index in [1.807, 2.05) is 24.3 Å². The normalized spacial score (nSPS) is 22.0. The van der Waals surface area contributed by atoms with Crippen molar-refractivity contribution in [3.05, 3.63) is 76.8 Å². The first-order valence-electron chi connectivity index (χ1n) is 8.66. The number of hydrogen-bond donors (Lipinski definition) is 0. The summed E-state index contributed by atoms with van der Waals surface area (Å²) < 4.78 is 0.980. The molecule has 134 valence electrons. The van der Waals surface area contributed by atoms with E-state index in [-0.39, 0.29) is 17.3 Å². The third-order valence-corrected chi connectivity index (χ3v) is 7.32. The van der Waals surface area contributed by atoms with Crippen LogP contribution in [-0.4, -0.2) is 27.7 Å². The van der Waals surface area contributed by atoms with Crippen molar-refractivity contribution in [2.45, 2.75) is 11.4 Å². The van der Waals surface area contributed by atoms with Crippen molar-refractivity contribution in [2.75, 3.05) is 10.7 Å². The van der Waals surface area contributed by atoms with Crippen molar-refractivity contribution in [2.24, 2.45) is 0 Å². The predicted molar refractivity (Wildman–Crippen MR) is 119 cm³/mol. The number of halogens is 1. The minimum Gasteiger partial charge on any atom is -0.319 e. The molecule has 0 saturated carbocycles. The van der Waals surface area contributed by atoms with Crippen LogP contribution in [0.4, 0.5) is 5.69 Å². The van der Waals surface area contributed by atoms with Crippen LogP contribution in [0.5, 0.6) is 0 Å². The summed E-state index contributed by atoms with van der Waals surface area (Å²) in [6, 6.07) is 22.3. The number of carbonyl (C=O) groups excluding carboxylic acids is 1. The Labute approximate surface area is 175 Å². The van der Waals surface area contributed by atoms with Gasteiger partial charge in [-0.25, -0.2) is 0 Å². The Morgan fingerprint density at radius 2 is 1.74 bits per heavy atom. The van der Waals surface area contributed by atoms with Gasteiger partial charge in [0.25, 0.3) is 5.91 Å². The lowest BCUT2D eigenvalue weighted by Crippen LogP contribution is -2.33. The van der Waals surface area contributed by atoms with Gasteiger partial charge in [-0.3, -0.25) is 9.69 Å². The van der Waals surface area contributed by atoms with Gasteiger partial charge in [0.1, 0.15) is 11.4 Å². The van der Waals surface area contributed by atoms with Crippen LogP contribution in [0.3, 0.4) is 0 Å². The van der Waals surface area contributed by atoms with Gasteiger partial charge in [-0.15, -0.1) is 11.8 Å². The van der Waals surface area contributed by atoms with Crippen molar-refractivity contribution >= 4 is 67.4 Å². The van der Waals surface area contributed by atoms with Crippen LogP contribution in [0.15, 0.2) is 71.2 Å². The molecule has 2 aliphatic rings. The zero-order valence-electron chi connectivity index (χ0n) is 14.2. The summed E-state index contributed by atoms with van der Waals surface area (Å²) in [4.78, 5) is 16.9. The van der Waals surface area contributed by atoms with E-state index in [9.17, 15) is 4.79 Å². The fourth-order valence-corrected chi connectivity index (χ4v) is 6.04. The molecular formula is C21H15BrN2OS2. The van der Waals surface area contributed by atoms with Crippen LogP contribution >= 0.6 is 39.9 Å². The molecule has 27 heavy (non-hydrogen) atoms. The molecule has 2 heterocycles. The SMILES string of the molecule is O=C1C2CSC(c3cccc4ccccc34)N2C(=S)N1c1ccc(Br)cc1. The van der Waals surface area contributed by atoms with Gasteiger partial charge in [-0.05, 0) is 52.8 Å². The van der Waals surface area contributed by atoms with E-state index < -0.39 is 0 Å². The number of anilines is 1. The summed E-state index contributed by atoms with van der Waals surface area (Å²) in [6.45, 7) is 0. The summed E-state index contributed by atoms with van der Waals surface area (Å²) in [7, 11) is 0. The predicted octanol–water partition coefficient (Wildman–Crippen LogP) is 5.35. The highest BCUT2D eigenvalue weighted by atomic mass is 79.9. The van der Waals surface area contributed by atoms with Crippen LogP contribution in [-0.2, 0) is 4.79 Å². The first-order valence-corrected chi connectivity index (χ1v) is 10.9. The van der Waals surface area contributed by atoms with E-state index in [2.05, 4.69) is 63.3 Å². The van der Waals surface area contributed by atoms with Crippen molar-refractivity contribution < 1.29 is 4.79 Å². The van der Waals surface area contributed by atoms with Crippen LogP contribution in [0.1, 0.15) is 10.9 Å². The molecule has 0 N–H and O–H groups in total. The monoisotopic (exact) mass is 454 g/mol. The number of rotatable bonds is 2. The fraction of sp³-hybridized carbons (Fsp3) is 0.143. The number of carbonyl (C=O) groups is 1. The molecule has 2 unspecified atom stereocenters. The average molecular weight is 455 g/mol. The summed E-state index contributed by atoms with van der Waals surface area (Å²) >= 11 is 11.0. The number of thiocarbonyl (C=S) groups is 1. The number of amides is 1. The van der Waals surface area contributed by atoms with Crippen LogP contribution in [0.25, 0.3) is 10.8 Å². The number of nitrogens with zero attached hydrogens (tertiary/aromatic N) is 2. The van der Waals surface area contributed by atoms with Gasteiger partial charge in [0, 0.05) is 10.2 Å². The summed E-state index contributed by atoms with van der Waals surface area (Å²) in [5.41, 5.74) is 2.04. The molecule has 2 aliphatic heterocycles. The minimum atomic E-state index is -0.199. The first kappa shape index (κ1) is 17.2. The summed E-state index contributed by atoms with van der Waals surface area (Å²) in [5.74, 6) is 0.817. The molecule has 3 aromatic rings. The van der Waals surface area contributed by atoms with E-state index >= 15 is 0 Å². The van der Waals surface area contributed by atoms with E-state index in [0.29, 0.717) is 5.11 Å². The molecule has 2 saturated heterocycles. The Hall–Kier alpha value is -1.89. The van der Waals surface area contributed by atoms with Crippen LogP contribution in [0.2, 0.25) is 0 Å². The molecule has 0 aromatic heterocycles. The maximum absolute atomic E-state index is 13.1. The van der Waals surface area contributed by atoms with Gasteiger partial charge >= 0.3 is 0 Å². The van der Waals surface area contributed by atoms with E-state index in [1.54, 1.807) is 16.7 Å². The minimum absolute atomic E-state index is 0.0537. The van der Waals surface area contributed by atoms with Gasteiger partial charge < -0.3 is 4.90 Å². The molecule has 5 rings (SSSR count). The molecule has 0 radical (unpaired) electrons. The zero-order chi connectivity index (χ0) is 18.5. The fourth-order valence-electron chi connectivity index (χ4n) is 3.82. The van der Waals surface area contributed by atoms with Gasteiger partial charge in [0.15, 0.2) is 5.11 Å². The molecule has 3 nitrogen and oxygen atoms in total. The molecule has 2 fully saturated rings. The summed E-state index contributed by atoms with van der Waals surface area (Å²) in [6.07, 6.45) is 0. The molecule has 0 aliphatic carbocycles. The highest BCUT2D eigenvalue weighted by Gasteiger charge is 2.51. The van der Waals surface area contributed by atoms with E-state index in [1.165, 1.54) is 16.3 Å². The number of fused-ring (bicyclic) bond motifs is 2. The van der Waals surface area contributed by atoms with Crippen LogP contribution < -0.4 is 4.90 Å². The number of benzene rings is 3. The highest BCUT2D eigenvalue weighted by molar-refractivity contribution is 9.10. The highest BCUT2D eigenvalue weighted by Crippen LogP contribution is 2.47. The lowest BCUT2D eigenvalue weighted by atomic mass is 10.0. The topological polar surface area (TPSA) is 23.6 Å². The molecule has 0 bridgehead atoms. The molecule has 2 atom stereocenters. The van der Waals surface area contributed by atoms with E-state index in [0.717, 1.165) is 15.9 Å². The third kappa shape index (κ3) is 2.70. The number of hydrogen-bond acceptors (Lipinski definition) is 3. The second kappa shape index (κ2) is 6.62. The molecular weight excluding hydrogens is 440 g/mol. The maximum Gasteiger partial charge on any atom is 0.257 e. The summed E-state index contributed by atoms with van der Waals surface area (Å²) in [5, 5.41) is 3.07. The molecule has 0 spiro atoms. The number of thioether (sulfide) groups is 1. The molecule has 3 aromatic carbocycles. The Kier molecular flexibility index (Phi) is 4.22. The van der Waals surface area contributed by atoms with Crippen molar-refractivity contribution in [1.82, 2.24) is 4.90 Å². The standard InChI is InChI=1S/C21H15BrN2OS2/c22-14-8-10-15(11-9-14)23-19(25)18-12-27-20(24(18)21(23)26)17-7-3-5-13-4-1-2-6-16(13)17/h1-11,18,20H,12H2. The second-order valence-electron chi connectivity index (χ2n) is 6.61. The van der Waals surface area contributed by atoms with Crippen molar-refractivity contribution in [1.29, 1.82) is 0 Å². The lowest BCUT2D eigenvalue weighted by molar-refractivity contribution is -0.119. The van der Waals surface area contributed by atoms with Gasteiger partial charge in [0.2, 0.25) is 0 Å². The van der Waals surface area contributed by atoms with Crippen molar-refractivity contribution in [3.8, 4) is 0 Å². The van der Waals surface area contributed by atoms with Gasteiger partial charge in [-0.1, -0.05) is 58.4 Å². The largest absolute Gasteiger partial charge is 0.319 e. The Balaban J connectivity index is 1.56. The first-order chi connectivity index (χ1) is 13.1. The zero-order valence-corrected chi connectivity index (χ0v) is 17.4. The van der Waals surface area contributed by atoms with E-state index in [4.69, 9.17) is 12.2 Å². The van der Waals surface area contributed by atoms with Crippen LogP contribution in [0, 0.1) is 0 Å². The van der Waals surface area contributed by atoms with Crippen molar-refractivity contribution in [3.63, 3.8) is 0 Å². The maximum atomic E-state index is 13.1. The molecule has 6 heteroatoms. The second-order valence-corrected chi connectivity index (χ2v) is 9.00. The smallest absolute Gasteiger partial charge is 0.257 e.